The number of β-amino-alcohol motifs (C(OH)–C–C–N with tert-alkyl or cyclic N) is 1. The van der Waals surface area contributed by atoms with Crippen molar-refractivity contribution in [1.82, 2.24) is 4.90 Å². The van der Waals surface area contributed by atoms with Crippen molar-refractivity contribution >= 4 is 28.5 Å². The van der Waals surface area contributed by atoms with Gasteiger partial charge in [-0.15, -0.1) is 0 Å². The van der Waals surface area contributed by atoms with Crippen LogP contribution < -0.4 is 5.32 Å². The molecular weight excluding hydrogens is 336 g/mol. The number of amides is 1. The van der Waals surface area contributed by atoms with Gasteiger partial charge in [0.15, 0.2) is 0 Å². The summed E-state index contributed by atoms with van der Waals surface area (Å²) in [5.41, 5.74) is 2.96. The number of nitrogens with one attached hydrogen (secondary N) is 1. The van der Waals surface area contributed by atoms with Crippen molar-refractivity contribution in [2.45, 2.75) is 20.3 Å². The van der Waals surface area contributed by atoms with Crippen molar-refractivity contribution in [1.29, 1.82) is 0 Å². The smallest absolute Gasteiger partial charge is 0.337 e. The van der Waals surface area contributed by atoms with E-state index in [0.717, 1.165) is 28.7 Å². The summed E-state index contributed by atoms with van der Waals surface area (Å²) in [6.07, 6.45) is 0.801. The SMILES string of the molecule is CCc1oc2ccc(NC3=C(C(=O)OC)CN(CCO)C3=O)cc2c1C. The molecule has 2 aromatic rings. The average molecular weight is 358 g/mol. The summed E-state index contributed by atoms with van der Waals surface area (Å²) in [5, 5.41) is 13.1. The van der Waals surface area contributed by atoms with Gasteiger partial charge in [-0.25, -0.2) is 4.79 Å². The number of rotatable bonds is 6. The topological polar surface area (TPSA) is 92.0 Å². The molecule has 0 fully saturated rings. The molecule has 3 rings (SSSR count). The summed E-state index contributed by atoms with van der Waals surface area (Å²) in [6, 6.07) is 5.54. The molecular formula is C19H22N2O5. The number of aliphatic hydroxyl groups is 1. The molecule has 0 bridgehead atoms. The number of carbonyl (C=O) groups is 2. The number of benzene rings is 1. The molecule has 1 aliphatic heterocycles. The number of aliphatic hydroxyl groups excluding tert-OH is 1. The van der Waals surface area contributed by atoms with Crippen LogP contribution >= 0.6 is 0 Å². The molecule has 1 aromatic carbocycles. The Hall–Kier alpha value is -2.80. The van der Waals surface area contributed by atoms with E-state index in [1.54, 1.807) is 6.07 Å². The lowest BCUT2D eigenvalue weighted by Gasteiger charge is -2.15. The lowest BCUT2D eigenvalue weighted by molar-refractivity contribution is -0.136. The molecule has 2 heterocycles. The van der Waals surface area contributed by atoms with Crippen molar-refractivity contribution in [3.8, 4) is 0 Å². The highest BCUT2D eigenvalue weighted by molar-refractivity contribution is 6.08. The van der Waals surface area contributed by atoms with Crippen LogP contribution in [0.15, 0.2) is 33.9 Å². The Labute approximate surface area is 151 Å². The summed E-state index contributed by atoms with van der Waals surface area (Å²) in [6.45, 7) is 4.13. The number of esters is 1. The molecule has 0 unspecified atom stereocenters. The van der Waals surface area contributed by atoms with Gasteiger partial charge < -0.3 is 24.5 Å². The first-order valence-electron chi connectivity index (χ1n) is 8.50. The van der Waals surface area contributed by atoms with Crippen LogP contribution in [0.2, 0.25) is 0 Å². The number of carbonyl (C=O) groups excluding carboxylic acids is 2. The Morgan fingerprint density at radius 1 is 1.42 bits per heavy atom. The van der Waals surface area contributed by atoms with Crippen molar-refractivity contribution < 1.29 is 23.8 Å². The number of furan rings is 1. The lowest BCUT2D eigenvalue weighted by atomic mass is 10.1. The number of nitrogens with zero attached hydrogens (tertiary/aromatic N) is 1. The van der Waals surface area contributed by atoms with Gasteiger partial charge in [0.25, 0.3) is 5.91 Å². The van der Waals surface area contributed by atoms with E-state index in [0.29, 0.717) is 5.69 Å². The van der Waals surface area contributed by atoms with Crippen LogP contribution in [0.1, 0.15) is 18.2 Å². The Morgan fingerprint density at radius 2 is 2.19 bits per heavy atom. The summed E-state index contributed by atoms with van der Waals surface area (Å²) in [4.78, 5) is 26.0. The van der Waals surface area contributed by atoms with E-state index in [2.05, 4.69) is 5.32 Å². The van der Waals surface area contributed by atoms with Gasteiger partial charge in [-0.05, 0) is 30.7 Å². The molecule has 1 aliphatic rings. The predicted octanol–water partition coefficient (Wildman–Crippen LogP) is 1.98. The largest absolute Gasteiger partial charge is 0.466 e. The van der Waals surface area contributed by atoms with Crippen LogP contribution in [0.4, 0.5) is 5.69 Å². The van der Waals surface area contributed by atoms with Gasteiger partial charge in [-0.1, -0.05) is 6.92 Å². The fraction of sp³-hybridized carbons (Fsp3) is 0.368. The van der Waals surface area contributed by atoms with Gasteiger partial charge in [0.1, 0.15) is 17.0 Å². The van der Waals surface area contributed by atoms with Crippen molar-refractivity contribution in [2.24, 2.45) is 0 Å². The van der Waals surface area contributed by atoms with Crippen LogP contribution in [0.25, 0.3) is 11.0 Å². The summed E-state index contributed by atoms with van der Waals surface area (Å²) in [7, 11) is 1.28. The van der Waals surface area contributed by atoms with Gasteiger partial charge in [-0.2, -0.15) is 0 Å². The fourth-order valence-corrected chi connectivity index (χ4v) is 3.18. The van der Waals surface area contributed by atoms with E-state index in [9.17, 15) is 9.59 Å². The quantitative estimate of drug-likeness (QED) is 0.767. The summed E-state index contributed by atoms with van der Waals surface area (Å²) < 4.78 is 10.6. The zero-order valence-corrected chi connectivity index (χ0v) is 15.1. The highest BCUT2D eigenvalue weighted by Crippen LogP contribution is 2.30. The molecule has 0 saturated carbocycles. The highest BCUT2D eigenvalue weighted by Gasteiger charge is 2.34. The summed E-state index contributed by atoms with van der Waals surface area (Å²) >= 11 is 0. The maximum absolute atomic E-state index is 12.6. The molecule has 138 valence electrons. The average Bonchev–Trinajstić information content (AvgIpc) is 3.13. The normalized spacial score (nSPS) is 14.5. The number of anilines is 1. The van der Waals surface area contributed by atoms with E-state index in [4.69, 9.17) is 14.3 Å². The first-order valence-corrected chi connectivity index (χ1v) is 8.50. The van der Waals surface area contributed by atoms with Gasteiger partial charge in [0, 0.05) is 24.0 Å². The van der Waals surface area contributed by atoms with Crippen LogP contribution in [0.3, 0.4) is 0 Å². The number of fused-ring (bicyclic) bond motifs is 1. The third kappa shape index (κ3) is 3.06. The highest BCUT2D eigenvalue weighted by atomic mass is 16.5. The minimum atomic E-state index is -0.560. The van der Waals surface area contributed by atoms with Crippen LogP contribution in [0.5, 0.6) is 0 Å². The second-order valence-corrected chi connectivity index (χ2v) is 6.14. The zero-order valence-electron chi connectivity index (χ0n) is 15.1. The van der Waals surface area contributed by atoms with E-state index in [1.807, 2.05) is 26.0 Å². The first kappa shape index (κ1) is 18.0. The maximum atomic E-state index is 12.6. The number of methoxy groups -OCH3 is 1. The second-order valence-electron chi connectivity index (χ2n) is 6.14. The second kappa shape index (κ2) is 7.21. The third-order valence-corrected chi connectivity index (χ3v) is 4.58. The molecule has 0 saturated heterocycles. The first-order chi connectivity index (χ1) is 12.5. The molecule has 0 radical (unpaired) electrons. The monoisotopic (exact) mass is 358 g/mol. The molecule has 0 aliphatic carbocycles. The minimum Gasteiger partial charge on any atom is -0.466 e. The summed E-state index contributed by atoms with van der Waals surface area (Å²) in [5.74, 6) is 0.0329. The van der Waals surface area contributed by atoms with E-state index in [1.165, 1.54) is 12.0 Å². The number of hydrogen-bond donors (Lipinski definition) is 2. The van der Waals surface area contributed by atoms with Gasteiger partial charge in [0.05, 0.1) is 25.8 Å². The van der Waals surface area contributed by atoms with Gasteiger partial charge in [-0.3, -0.25) is 4.79 Å². The number of ether oxygens (including phenoxy) is 1. The van der Waals surface area contributed by atoms with Crippen LogP contribution in [-0.4, -0.2) is 48.7 Å². The number of hydrogen-bond acceptors (Lipinski definition) is 6. The molecule has 2 N–H and O–H groups in total. The Morgan fingerprint density at radius 3 is 2.85 bits per heavy atom. The van der Waals surface area contributed by atoms with Crippen molar-refractivity contribution in [2.75, 3.05) is 32.1 Å². The van der Waals surface area contributed by atoms with Crippen LogP contribution in [0, 0.1) is 6.92 Å². The molecule has 0 atom stereocenters. The molecule has 1 aromatic heterocycles. The number of aryl methyl sites for hydroxylation is 2. The van der Waals surface area contributed by atoms with Gasteiger partial charge >= 0.3 is 5.97 Å². The zero-order chi connectivity index (χ0) is 18.8. The van der Waals surface area contributed by atoms with Crippen LogP contribution in [-0.2, 0) is 20.7 Å². The third-order valence-electron chi connectivity index (χ3n) is 4.58. The predicted molar refractivity (Wildman–Crippen MR) is 96.7 cm³/mol. The Kier molecular flexibility index (Phi) is 4.99. The van der Waals surface area contributed by atoms with E-state index in [-0.39, 0.29) is 36.9 Å². The van der Waals surface area contributed by atoms with E-state index < -0.39 is 5.97 Å². The molecule has 1 amide bonds. The molecule has 26 heavy (non-hydrogen) atoms. The van der Waals surface area contributed by atoms with Crippen molar-refractivity contribution in [3.63, 3.8) is 0 Å². The molecule has 7 heteroatoms. The van der Waals surface area contributed by atoms with E-state index >= 15 is 0 Å². The Bertz CT molecular complexity index is 897. The van der Waals surface area contributed by atoms with Crippen molar-refractivity contribution in [3.05, 3.63) is 40.8 Å². The Balaban J connectivity index is 1.96. The minimum absolute atomic E-state index is 0.112. The lowest BCUT2D eigenvalue weighted by Crippen LogP contribution is -2.31. The molecule has 0 spiro atoms. The standard InChI is InChI=1S/C19H22N2O5/c1-4-15-11(2)13-9-12(5-6-16(13)26-15)20-17-14(19(24)25-3)10-21(7-8-22)18(17)23/h5-6,9,20,22H,4,7-8,10H2,1-3H3. The fourth-order valence-electron chi connectivity index (χ4n) is 3.18. The molecule has 7 nitrogen and oxygen atoms in total. The van der Waals surface area contributed by atoms with Gasteiger partial charge in [0.2, 0.25) is 0 Å². The maximum Gasteiger partial charge on any atom is 0.337 e.